The number of rotatable bonds is 5. The molecular weight excluding hydrogens is 190 g/mol. The first kappa shape index (κ1) is 11.7. The molecule has 82 valence electrons. The van der Waals surface area contributed by atoms with E-state index in [-0.39, 0.29) is 11.7 Å². The summed E-state index contributed by atoms with van der Waals surface area (Å²) in [7, 11) is 0. The number of ether oxygens (including phenoxy) is 1. The Morgan fingerprint density at radius 2 is 2.20 bits per heavy atom. The number of hydrogen-bond acceptors (Lipinski definition) is 3. The van der Waals surface area contributed by atoms with Crippen molar-refractivity contribution >= 4 is 5.78 Å². The Morgan fingerprint density at radius 3 is 2.80 bits per heavy atom. The van der Waals surface area contributed by atoms with Crippen molar-refractivity contribution in [2.75, 3.05) is 6.61 Å². The van der Waals surface area contributed by atoms with Crippen molar-refractivity contribution in [3.8, 4) is 5.88 Å². The van der Waals surface area contributed by atoms with Crippen LogP contribution in [0, 0.1) is 0 Å². The highest BCUT2D eigenvalue weighted by Crippen LogP contribution is 2.18. The zero-order valence-electron chi connectivity index (χ0n) is 9.49. The number of carbonyl (C=O) groups is 1. The molecule has 0 saturated heterocycles. The van der Waals surface area contributed by atoms with Crippen molar-refractivity contribution in [3.63, 3.8) is 0 Å². The quantitative estimate of drug-likeness (QED) is 0.744. The third kappa shape index (κ3) is 3.05. The van der Waals surface area contributed by atoms with Crippen LogP contribution in [-0.4, -0.2) is 17.4 Å². The first-order chi connectivity index (χ1) is 7.19. The second kappa shape index (κ2) is 5.49. The van der Waals surface area contributed by atoms with E-state index < -0.39 is 0 Å². The highest BCUT2D eigenvalue weighted by Gasteiger charge is 2.14. The van der Waals surface area contributed by atoms with Gasteiger partial charge in [0.25, 0.3) is 0 Å². The van der Waals surface area contributed by atoms with Gasteiger partial charge in [0.15, 0.2) is 0 Å². The van der Waals surface area contributed by atoms with Gasteiger partial charge in [-0.3, -0.25) is 4.79 Å². The first-order valence-electron chi connectivity index (χ1n) is 5.31. The third-order valence-electron chi connectivity index (χ3n) is 2.31. The van der Waals surface area contributed by atoms with Gasteiger partial charge in [-0.2, -0.15) is 0 Å². The summed E-state index contributed by atoms with van der Waals surface area (Å²) in [4.78, 5) is 15.8. The van der Waals surface area contributed by atoms with E-state index in [1.54, 1.807) is 6.07 Å². The molecule has 0 aliphatic rings. The lowest BCUT2D eigenvalue weighted by Gasteiger charge is -2.10. The molecule has 1 atom stereocenters. The van der Waals surface area contributed by atoms with Crippen LogP contribution in [0.1, 0.15) is 38.8 Å². The minimum Gasteiger partial charge on any atom is -0.478 e. The molecule has 1 aromatic rings. The molecule has 3 heteroatoms. The van der Waals surface area contributed by atoms with Crippen LogP contribution in [0.4, 0.5) is 0 Å². The molecule has 0 spiro atoms. The molecule has 0 aliphatic heterocycles. The maximum atomic E-state index is 11.5. The monoisotopic (exact) mass is 207 g/mol. The van der Waals surface area contributed by atoms with Gasteiger partial charge in [0.05, 0.1) is 18.2 Å². The number of pyridine rings is 1. The average molecular weight is 207 g/mol. The SMILES string of the molecule is CCOc1cccc(C(C)C(=O)CC)n1. The van der Waals surface area contributed by atoms with Crippen molar-refractivity contribution < 1.29 is 9.53 Å². The number of ketones is 1. The van der Waals surface area contributed by atoms with Gasteiger partial charge in [-0.05, 0) is 19.9 Å². The maximum Gasteiger partial charge on any atom is 0.213 e. The maximum absolute atomic E-state index is 11.5. The fourth-order valence-corrected chi connectivity index (χ4v) is 1.37. The fourth-order valence-electron chi connectivity index (χ4n) is 1.37. The summed E-state index contributed by atoms with van der Waals surface area (Å²) in [6.07, 6.45) is 0.543. The molecule has 0 bridgehead atoms. The Labute approximate surface area is 90.5 Å². The smallest absolute Gasteiger partial charge is 0.213 e. The fraction of sp³-hybridized carbons (Fsp3) is 0.500. The van der Waals surface area contributed by atoms with Gasteiger partial charge in [-0.15, -0.1) is 0 Å². The summed E-state index contributed by atoms with van der Waals surface area (Å²) >= 11 is 0. The van der Waals surface area contributed by atoms with Crippen LogP contribution in [0.5, 0.6) is 5.88 Å². The van der Waals surface area contributed by atoms with E-state index in [0.717, 1.165) is 5.69 Å². The van der Waals surface area contributed by atoms with Crippen molar-refractivity contribution in [1.82, 2.24) is 4.98 Å². The molecule has 0 N–H and O–H groups in total. The minimum absolute atomic E-state index is 0.143. The molecule has 0 saturated carbocycles. The van der Waals surface area contributed by atoms with Gasteiger partial charge in [-0.25, -0.2) is 4.98 Å². The largest absolute Gasteiger partial charge is 0.478 e. The Balaban J connectivity index is 2.84. The van der Waals surface area contributed by atoms with Crippen molar-refractivity contribution in [1.29, 1.82) is 0 Å². The average Bonchev–Trinajstić information content (AvgIpc) is 2.28. The lowest BCUT2D eigenvalue weighted by Crippen LogP contribution is -2.09. The first-order valence-corrected chi connectivity index (χ1v) is 5.31. The minimum atomic E-state index is -0.143. The van der Waals surface area contributed by atoms with Gasteiger partial charge in [-0.1, -0.05) is 13.0 Å². The number of Topliss-reactive ketones (excluding diaryl/α,β-unsaturated/α-hetero) is 1. The Bertz CT molecular complexity index is 336. The summed E-state index contributed by atoms with van der Waals surface area (Å²) in [5, 5.41) is 0. The van der Waals surface area contributed by atoms with Crippen molar-refractivity contribution in [3.05, 3.63) is 23.9 Å². The van der Waals surface area contributed by atoms with Gasteiger partial charge < -0.3 is 4.74 Å². The summed E-state index contributed by atoms with van der Waals surface area (Å²) in [6.45, 7) is 6.25. The summed E-state index contributed by atoms with van der Waals surface area (Å²) in [5.41, 5.74) is 0.785. The van der Waals surface area contributed by atoms with Crippen LogP contribution in [-0.2, 0) is 4.79 Å². The number of carbonyl (C=O) groups excluding carboxylic acids is 1. The summed E-state index contributed by atoms with van der Waals surface area (Å²) in [5.74, 6) is 0.650. The molecule has 3 nitrogen and oxygen atoms in total. The number of hydrogen-bond donors (Lipinski definition) is 0. The Kier molecular flexibility index (Phi) is 4.28. The Hall–Kier alpha value is -1.38. The highest BCUT2D eigenvalue weighted by molar-refractivity contribution is 5.84. The zero-order chi connectivity index (χ0) is 11.3. The van der Waals surface area contributed by atoms with E-state index in [2.05, 4.69) is 4.98 Å². The lowest BCUT2D eigenvalue weighted by atomic mass is 10.0. The predicted octanol–water partition coefficient (Wildman–Crippen LogP) is 2.56. The van der Waals surface area contributed by atoms with Crippen LogP contribution >= 0.6 is 0 Å². The second-order valence-corrected chi connectivity index (χ2v) is 3.38. The Morgan fingerprint density at radius 1 is 1.47 bits per heavy atom. The van der Waals surface area contributed by atoms with E-state index in [1.807, 2.05) is 32.9 Å². The molecule has 1 rings (SSSR count). The standard InChI is InChI=1S/C12H17NO2/c1-4-11(14)9(3)10-7-6-8-12(13-10)15-5-2/h6-9H,4-5H2,1-3H3. The van der Waals surface area contributed by atoms with Crippen LogP contribution in [0.3, 0.4) is 0 Å². The zero-order valence-corrected chi connectivity index (χ0v) is 9.49. The van der Waals surface area contributed by atoms with Gasteiger partial charge >= 0.3 is 0 Å². The predicted molar refractivity (Wildman–Crippen MR) is 59.1 cm³/mol. The van der Waals surface area contributed by atoms with E-state index in [1.165, 1.54) is 0 Å². The molecule has 0 aliphatic carbocycles. The van der Waals surface area contributed by atoms with Crippen molar-refractivity contribution in [2.45, 2.75) is 33.1 Å². The molecule has 1 unspecified atom stereocenters. The lowest BCUT2D eigenvalue weighted by molar-refractivity contribution is -0.119. The normalized spacial score (nSPS) is 12.2. The number of aromatic nitrogens is 1. The van der Waals surface area contributed by atoms with Crippen LogP contribution in [0.2, 0.25) is 0 Å². The molecule has 0 aromatic carbocycles. The molecular formula is C12H17NO2. The second-order valence-electron chi connectivity index (χ2n) is 3.38. The topological polar surface area (TPSA) is 39.2 Å². The van der Waals surface area contributed by atoms with E-state index in [4.69, 9.17) is 4.74 Å². The summed E-state index contributed by atoms with van der Waals surface area (Å²) < 4.78 is 5.29. The number of nitrogens with zero attached hydrogens (tertiary/aromatic N) is 1. The molecule has 0 amide bonds. The van der Waals surface area contributed by atoms with Gasteiger partial charge in [0.2, 0.25) is 5.88 Å². The molecule has 0 radical (unpaired) electrons. The van der Waals surface area contributed by atoms with Crippen LogP contribution < -0.4 is 4.74 Å². The molecule has 1 heterocycles. The van der Waals surface area contributed by atoms with Crippen molar-refractivity contribution in [2.24, 2.45) is 0 Å². The van der Waals surface area contributed by atoms with Gasteiger partial charge in [0.1, 0.15) is 5.78 Å². The highest BCUT2D eigenvalue weighted by atomic mass is 16.5. The van der Waals surface area contributed by atoms with E-state index in [0.29, 0.717) is 18.9 Å². The van der Waals surface area contributed by atoms with Crippen LogP contribution in [0.15, 0.2) is 18.2 Å². The summed E-state index contributed by atoms with van der Waals surface area (Å²) in [6, 6.07) is 5.53. The molecule has 1 aromatic heterocycles. The molecule has 0 fully saturated rings. The van der Waals surface area contributed by atoms with Crippen LogP contribution in [0.25, 0.3) is 0 Å². The van der Waals surface area contributed by atoms with E-state index >= 15 is 0 Å². The molecule has 15 heavy (non-hydrogen) atoms. The third-order valence-corrected chi connectivity index (χ3v) is 2.31. The van der Waals surface area contributed by atoms with E-state index in [9.17, 15) is 4.79 Å². The van der Waals surface area contributed by atoms with Gasteiger partial charge in [0, 0.05) is 12.5 Å².